The molecule has 5 rings (SSSR count). The predicted molar refractivity (Wildman–Crippen MR) is 216 cm³/mol. The van der Waals surface area contributed by atoms with Gasteiger partial charge in [-0.15, -0.1) is 0 Å². The first-order valence-corrected chi connectivity index (χ1v) is 17.1. The molecule has 3 aromatic carbocycles. The summed E-state index contributed by atoms with van der Waals surface area (Å²) in [6.07, 6.45) is 11.7. The van der Waals surface area contributed by atoms with Crippen LogP contribution in [0.25, 0.3) is 22.0 Å². The van der Waals surface area contributed by atoms with E-state index in [1.165, 1.54) is 18.3 Å². The van der Waals surface area contributed by atoms with E-state index in [2.05, 4.69) is 38.8 Å². The number of halogens is 3. The first-order chi connectivity index (χ1) is 24.6. The maximum Gasteiger partial charge on any atom is 0.257 e. The number of carbonyl (C=O) groups excluding carboxylic acids is 2. The van der Waals surface area contributed by atoms with Crippen LogP contribution >= 0.6 is 34.8 Å². The van der Waals surface area contributed by atoms with Crippen molar-refractivity contribution in [2.75, 3.05) is 10.6 Å². The molecule has 5 aromatic rings. The van der Waals surface area contributed by atoms with E-state index < -0.39 is 5.91 Å². The summed E-state index contributed by atoms with van der Waals surface area (Å²) in [4.78, 5) is 38.1. The number of pyridine rings is 2. The number of nitrogens with zero attached hydrogens (tertiary/aromatic N) is 3. The molecule has 0 radical (unpaired) electrons. The van der Waals surface area contributed by atoms with Gasteiger partial charge in [0.15, 0.2) is 0 Å². The number of aliphatic imine (C=N–C) groups is 1. The average molecular weight is 739 g/mol. The molecule has 0 atom stereocenters. The minimum Gasteiger partial charge on any atom is -0.322 e. The Labute approximate surface area is 314 Å². The molecule has 2 heterocycles. The lowest BCUT2D eigenvalue weighted by atomic mass is 10.0. The van der Waals surface area contributed by atoms with Crippen LogP contribution in [-0.2, 0) is 0 Å². The van der Waals surface area contributed by atoms with Gasteiger partial charge >= 0.3 is 0 Å². The zero-order valence-corrected chi connectivity index (χ0v) is 31.0. The van der Waals surface area contributed by atoms with Gasteiger partial charge in [0.1, 0.15) is 0 Å². The molecule has 0 aliphatic carbocycles. The van der Waals surface area contributed by atoms with E-state index in [4.69, 9.17) is 34.8 Å². The lowest BCUT2D eigenvalue weighted by molar-refractivity contribution is 0.101. The Kier molecular flexibility index (Phi) is 16.0. The Bertz CT molecular complexity index is 2100. The molecule has 0 aliphatic heterocycles. The van der Waals surface area contributed by atoms with Crippen LogP contribution in [0.4, 0.5) is 11.4 Å². The van der Waals surface area contributed by atoms with Crippen LogP contribution in [-0.4, -0.2) is 27.5 Å². The maximum atomic E-state index is 13.0. The summed E-state index contributed by atoms with van der Waals surface area (Å²) in [5.74, 6) is -0.778. The van der Waals surface area contributed by atoms with Gasteiger partial charge in [0.2, 0.25) is 0 Å². The maximum absolute atomic E-state index is 13.0. The highest BCUT2D eigenvalue weighted by atomic mass is 35.5. The number of amides is 2. The van der Waals surface area contributed by atoms with Crippen molar-refractivity contribution in [3.05, 3.63) is 167 Å². The van der Waals surface area contributed by atoms with Crippen molar-refractivity contribution >= 4 is 74.5 Å². The fourth-order valence-corrected chi connectivity index (χ4v) is 5.14. The molecule has 10 heteroatoms. The number of hydrogen-bond donors (Lipinski definition) is 2. The molecule has 2 aromatic heterocycles. The minimum atomic E-state index is -0.418. The predicted octanol–water partition coefficient (Wildman–Crippen LogP) is 12.0. The Morgan fingerprint density at radius 2 is 1.61 bits per heavy atom. The number of carbonyl (C=O) groups is 2. The van der Waals surface area contributed by atoms with Crippen molar-refractivity contribution in [1.82, 2.24) is 9.97 Å². The third kappa shape index (κ3) is 11.3. The lowest BCUT2D eigenvalue weighted by Gasteiger charge is -2.12. The van der Waals surface area contributed by atoms with Crippen molar-refractivity contribution in [3.8, 4) is 11.3 Å². The Morgan fingerprint density at radius 1 is 0.863 bits per heavy atom. The molecule has 0 saturated carbocycles. The number of fused-ring (bicyclic) bond motifs is 1. The molecule has 0 unspecified atom stereocenters. The van der Waals surface area contributed by atoms with Gasteiger partial charge in [-0.2, -0.15) is 0 Å². The van der Waals surface area contributed by atoms with Gasteiger partial charge in [0.05, 0.1) is 33.2 Å². The third-order valence-electron chi connectivity index (χ3n) is 6.95. The van der Waals surface area contributed by atoms with Gasteiger partial charge in [0, 0.05) is 57.1 Å². The second-order valence-corrected chi connectivity index (χ2v) is 11.6. The normalized spacial score (nSPS) is 11.1. The topological polar surface area (TPSA) is 96.3 Å². The highest BCUT2D eigenvalue weighted by molar-refractivity contribution is 6.36. The Morgan fingerprint density at radius 3 is 2.29 bits per heavy atom. The Hall–Kier alpha value is -5.34. The second kappa shape index (κ2) is 20.4. The molecule has 51 heavy (non-hydrogen) atoms. The lowest BCUT2D eigenvalue weighted by Crippen LogP contribution is -2.15. The summed E-state index contributed by atoms with van der Waals surface area (Å²) in [6.45, 7) is 15.1. The van der Waals surface area contributed by atoms with Gasteiger partial charge < -0.3 is 10.6 Å². The molecule has 260 valence electrons. The first kappa shape index (κ1) is 40.1. The van der Waals surface area contributed by atoms with Crippen LogP contribution in [0.3, 0.4) is 0 Å². The van der Waals surface area contributed by atoms with E-state index in [0.717, 1.165) is 27.8 Å². The van der Waals surface area contributed by atoms with Crippen molar-refractivity contribution in [2.24, 2.45) is 4.99 Å². The number of benzene rings is 3. The average Bonchev–Trinajstić information content (AvgIpc) is 3.15. The first-order valence-electron chi connectivity index (χ1n) is 15.9. The van der Waals surface area contributed by atoms with E-state index in [9.17, 15) is 9.59 Å². The van der Waals surface area contributed by atoms with Crippen LogP contribution < -0.4 is 10.6 Å². The molecule has 2 amide bonds. The molecule has 2 N–H and O–H groups in total. The van der Waals surface area contributed by atoms with Crippen LogP contribution in [0.1, 0.15) is 48.4 Å². The monoisotopic (exact) mass is 737 g/mol. The third-order valence-corrected chi connectivity index (χ3v) is 7.95. The van der Waals surface area contributed by atoms with Crippen LogP contribution in [0.15, 0.2) is 151 Å². The number of aromatic nitrogens is 2. The van der Waals surface area contributed by atoms with E-state index in [1.54, 1.807) is 67.1 Å². The SMILES string of the molecule is C=C/C=C(/Cl)C(=C)C(C)=N/C=C\C.CC.O=C(Nc1cccnc1)c1ccc(C(=O)Nc2ccc(Cl)c(-c3nccc4ccccc34)c2)c(Cl)c1. The van der Waals surface area contributed by atoms with Crippen molar-refractivity contribution in [1.29, 1.82) is 0 Å². The van der Waals surface area contributed by atoms with Crippen molar-refractivity contribution < 1.29 is 9.59 Å². The fraction of sp³-hybridized carbons (Fsp3) is 0.0976. The molecule has 0 aliphatic rings. The van der Waals surface area contributed by atoms with Gasteiger partial charge in [-0.05, 0) is 79.9 Å². The summed E-state index contributed by atoms with van der Waals surface area (Å²) in [6, 6.07) is 23.0. The van der Waals surface area contributed by atoms with Gasteiger partial charge in [-0.1, -0.05) is 98.2 Å². The zero-order valence-electron chi connectivity index (χ0n) is 28.8. The smallest absolute Gasteiger partial charge is 0.257 e. The number of hydrogen-bond acceptors (Lipinski definition) is 5. The fourth-order valence-electron chi connectivity index (χ4n) is 4.44. The van der Waals surface area contributed by atoms with Crippen LogP contribution in [0, 0.1) is 0 Å². The zero-order chi connectivity index (χ0) is 37.3. The summed E-state index contributed by atoms with van der Waals surface area (Å²) in [5.41, 5.74) is 4.57. The Balaban J connectivity index is 0.000000398. The highest BCUT2D eigenvalue weighted by Gasteiger charge is 2.16. The summed E-state index contributed by atoms with van der Waals surface area (Å²) in [5, 5.41) is 8.81. The van der Waals surface area contributed by atoms with E-state index in [1.807, 2.05) is 64.1 Å². The molecule has 7 nitrogen and oxygen atoms in total. The largest absolute Gasteiger partial charge is 0.322 e. The number of nitrogens with one attached hydrogen (secondary N) is 2. The van der Waals surface area contributed by atoms with Crippen LogP contribution in [0.5, 0.6) is 0 Å². The molecular weight excluding hydrogens is 701 g/mol. The van der Waals surface area contributed by atoms with E-state index in [0.29, 0.717) is 32.6 Å². The second-order valence-electron chi connectivity index (χ2n) is 10.3. The number of allylic oxidation sites excluding steroid dienone is 5. The molecule has 0 saturated heterocycles. The number of anilines is 2. The minimum absolute atomic E-state index is 0.149. The van der Waals surface area contributed by atoms with Gasteiger partial charge in [0.25, 0.3) is 11.8 Å². The van der Waals surface area contributed by atoms with Gasteiger partial charge in [-0.3, -0.25) is 24.5 Å². The summed E-state index contributed by atoms with van der Waals surface area (Å²) in [7, 11) is 0. The standard InChI is InChI=1S/C28H18Cl2N4O2.C11H14ClN.C2H6/c29-24-10-8-19(15-23(24)26-21-6-2-1-4-17(21)11-13-32-26)33-28(36)22-9-7-18(14-25(22)30)27(35)34-20-5-3-12-31-16-20;1-5-7-11(12)9(3)10(4)13-8-6-2;1-2/h1-16H,(H,33,36)(H,34,35);5-8H,1,3H2,2,4H3;1-2H3/b;8-6-,11-7+,13-10?;. The highest BCUT2D eigenvalue weighted by Crippen LogP contribution is 2.34. The molecule has 0 spiro atoms. The molecule has 0 fully saturated rings. The quantitative estimate of drug-likeness (QED) is 0.116. The van der Waals surface area contributed by atoms with E-state index in [-0.39, 0.29) is 16.5 Å². The molecule has 0 bridgehead atoms. The number of rotatable bonds is 9. The van der Waals surface area contributed by atoms with Crippen LogP contribution in [0.2, 0.25) is 10.0 Å². The van der Waals surface area contributed by atoms with E-state index >= 15 is 0 Å². The summed E-state index contributed by atoms with van der Waals surface area (Å²) < 4.78 is 0. The van der Waals surface area contributed by atoms with Crippen molar-refractivity contribution in [2.45, 2.75) is 27.7 Å². The van der Waals surface area contributed by atoms with Crippen molar-refractivity contribution in [3.63, 3.8) is 0 Å². The van der Waals surface area contributed by atoms with Gasteiger partial charge in [-0.25, -0.2) is 0 Å². The summed E-state index contributed by atoms with van der Waals surface area (Å²) >= 11 is 18.8. The molecular formula is C41H38Cl3N5O2.